The van der Waals surface area contributed by atoms with Crippen LogP contribution in [0.4, 0.5) is 8.78 Å². The second-order valence-electron chi connectivity index (χ2n) is 6.64. The average molecular weight is 370 g/mol. The molecule has 4 rings (SSSR count). The van der Waals surface area contributed by atoms with Crippen LogP contribution >= 0.6 is 0 Å². The van der Waals surface area contributed by atoms with Crippen LogP contribution in [0.1, 0.15) is 37.1 Å². The normalized spacial score (nSPS) is 15.1. The maximum atomic E-state index is 13.8. The molecule has 1 fully saturated rings. The van der Waals surface area contributed by atoms with Crippen LogP contribution in [0.2, 0.25) is 0 Å². The summed E-state index contributed by atoms with van der Waals surface area (Å²) >= 11 is 0. The smallest absolute Gasteiger partial charge is 0.168 e. The Bertz CT molecular complexity index is 991. The maximum absolute atomic E-state index is 13.8. The fourth-order valence-electron chi connectivity index (χ4n) is 3.43. The minimum absolute atomic E-state index is 0.115. The molecule has 0 unspecified atom stereocenters. The summed E-state index contributed by atoms with van der Waals surface area (Å²) in [6.07, 6.45) is 8.16. The van der Waals surface area contributed by atoms with Gasteiger partial charge >= 0.3 is 0 Å². The van der Waals surface area contributed by atoms with Crippen LogP contribution in [0.15, 0.2) is 30.3 Å². The van der Waals surface area contributed by atoms with E-state index in [1.54, 1.807) is 13.2 Å². The second kappa shape index (κ2) is 7.39. The van der Waals surface area contributed by atoms with E-state index in [2.05, 4.69) is 9.97 Å². The second-order valence-corrected chi connectivity index (χ2v) is 6.64. The Morgan fingerprint density at radius 1 is 1.15 bits per heavy atom. The molecule has 1 saturated carbocycles. The highest BCUT2D eigenvalue weighted by Gasteiger charge is 2.20. The zero-order valence-electron chi connectivity index (χ0n) is 15.0. The van der Waals surface area contributed by atoms with Gasteiger partial charge in [-0.15, -0.1) is 0 Å². The number of para-hydroxylation sites is 1. The number of methoxy groups -OCH3 is 1. The molecule has 0 atom stereocenters. The molecule has 0 bridgehead atoms. The van der Waals surface area contributed by atoms with Crippen molar-refractivity contribution in [1.82, 2.24) is 9.97 Å². The monoisotopic (exact) mass is 370 g/mol. The van der Waals surface area contributed by atoms with Gasteiger partial charge in [0.2, 0.25) is 0 Å². The van der Waals surface area contributed by atoms with Crippen molar-refractivity contribution in [2.24, 2.45) is 0 Å². The van der Waals surface area contributed by atoms with Gasteiger partial charge in [-0.25, -0.2) is 13.8 Å². The molecule has 27 heavy (non-hydrogen) atoms. The van der Waals surface area contributed by atoms with Gasteiger partial charge in [0, 0.05) is 11.6 Å². The van der Waals surface area contributed by atoms with Crippen molar-refractivity contribution in [3.63, 3.8) is 0 Å². The van der Waals surface area contributed by atoms with Gasteiger partial charge in [0.05, 0.1) is 18.7 Å². The van der Waals surface area contributed by atoms with Crippen LogP contribution in [0.25, 0.3) is 23.2 Å². The highest BCUT2D eigenvalue weighted by Crippen LogP contribution is 2.35. The number of fused-ring (bicyclic) bond motifs is 1. The van der Waals surface area contributed by atoms with Crippen LogP contribution in [-0.4, -0.2) is 23.2 Å². The molecule has 1 aliphatic rings. The highest BCUT2D eigenvalue weighted by molar-refractivity contribution is 5.80. The van der Waals surface area contributed by atoms with Crippen molar-refractivity contribution in [3.05, 3.63) is 53.4 Å². The lowest BCUT2D eigenvalue weighted by atomic mass is 10.1. The topological polar surface area (TPSA) is 47.1 Å². The number of halogens is 2. The van der Waals surface area contributed by atoms with E-state index in [1.807, 2.05) is 24.3 Å². The number of rotatable bonds is 5. The molecule has 2 aromatic carbocycles. The summed E-state index contributed by atoms with van der Waals surface area (Å²) in [7, 11) is 1.61. The molecule has 6 heteroatoms. The van der Waals surface area contributed by atoms with Crippen molar-refractivity contribution in [2.45, 2.75) is 31.8 Å². The SMILES string of the molecule is COc1cccc(/C=C/c2nc3c(F)cc(F)cc3[nH]2)c1OC1CCCC1. The Morgan fingerprint density at radius 2 is 1.96 bits per heavy atom. The number of hydrogen-bond donors (Lipinski definition) is 1. The first-order valence-electron chi connectivity index (χ1n) is 9.00. The summed E-state index contributed by atoms with van der Waals surface area (Å²) in [5.74, 6) is 0.467. The largest absolute Gasteiger partial charge is 0.493 e. The number of benzene rings is 2. The fraction of sp³-hybridized carbons (Fsp3) is 0.286. The summed E-state index contributed by atoms with van der Waals surface area (Å²) in [4.78, 5) is 7.11. The Kier molecular flexibility index (Phi) is 4.79. The Hall–Kier alpha value is -2.89. The van der Waals surface area contributed by atoms with E-state index in [4.69, 9.17) is 9.47 Å². The predicted molar refractivity (Wildman–Crippen MR) is 101 cm³/mol. The van der Waals surface area contributed by atoms with E-state index < -0.39 is 11.6 Å². The third kappa shape index (κ3) is 3.65. The van der Waals surface area contributed by atoms with Gasteiger partial charge in [0.25, 0.3) is 0 Å². The Labute approximate surface area is 155 Å². The van der Waals surface area contributed by atoms with Crippen LogP contribution in [0, 0.1) is 11.6 Å². The van der Waals surface area contributed by atoms with Crippen molar-refractivity contribution >= 4 is 23.2 Å². The molecule has 0 spiro atoms. The van der Waals surface area contributed by atoms with Crippen molar-refractivity contribution < 1.29 is 18.3 Å². The fourth-order valence-corrected chi connectivity index (χ4v) is 3.43. The molecule has 1 aromatic heterocycles. The first-order chi connectivity index (χ1) is 13.1. The molecule has 1 N–H and O–H groups in total. The number of nitrogens with zero attached hydrogens (tertiary/aromatic N) is 1. The van der Waals surface area contributed by atoms with Crippen molar-refractivity contribution in [2.75, 3.05) is 7.11 Å². The summed E-state index contributed by atoms with van der Waals surface area (Å²) in [6.45, 7) is 0. The number of H-pyrrole nitrogens is 1. The molecular weight excluding hydrogens is 350 g/mol. The Morgan fingerprint density at radius 3 is 2.74 bits per heavy atom. The molecular formula is C21H20F2N2O2. The number of imidazole rings is 1. The van der Waals surface area contributed by atoms with Crippen LogP contribution in [0.5, 0.6) is 11.5 Å². The van der Waals surface area contributed by atoms with Gasteiger partial charge in [-0.3, -0.25) is 0 Å². The van der Waals surface area contributed by atoms with Gasteiger partial charge in [-0.2, -0.15) is 0 Å². The molecule has 0 radical (unpaired) electrons. The molecule has 4 nitrogen and oxygen atoms in total. The summed E-state index contributed by atoms with van der Waals surface area (Å²) in [5.41, 5.74) is 1.28. The maximum Gasteiger partial charge on any atom is 0.168 e. The number of aromatic nitrogens is 2. The lowest BCUT2D eigenvalue weighted by molar-refractivity contribution is 0.200. The number of aromatic amines is 1. The lowest BCUT2D eigenvalue weighted by Crippen LogP contribution is -2.12. The zero-order valence-corrected chi connectivity index (χ0v) is 15.0. The first-order valence-corrected chi connectivity index (χ1v) is 9.00. The molecule has 1 aliphatic carbocycles. The lowest BCUT2D eigenvalue weighted by Gasteiger charge is -2.18. The predicted octanol–water partition coefficient (Wildman–Crippen LogP) is 5.34. The van der Waals surface area contributed by atoms with Gasteiger partial charge in [-0.05, 0) is 50.0 Å². The number of hydrogen-bond acceptors (Lipinski definition) is 3. The number of nitrogens with one attached hydrogen (secondary N) is 1. The Balaban J connectivity index is 1.66. The van der Waals surface area contributed by atoms with Gasteiger partial charge < -0.3 is 14.5 Å². The summed E-state index contributed by atoms with van der Waals surface area (Å²) < 4.78 is 38.8. The molecule has 0 saturated heterocycles. The van der Waals surface area contributed by atoms with Crippen LogP contribution < -0.4 is 9.47 Å². The van der Waals surface area contributed by atoms with Gasteiger partial charge in [0.1, 0.15) is 17.2 Å². The summed E-state index contributed by atoms with van der Waals surface area (Å²) in [5, 5.41) is 0. The standard InChI is InChI=1S/C21H20F2N2O2/c1-26-18-8-4-5-13(21(18)27-15-6-2-3-7-15)9-10-19-24-17-12-14(22)11-16(23)20(17)25-19/h4-5,8-12,15H,2-3,6-7H2,1H3,(H,24,25)/b10-9+. The van der Waals surface area contributed by atoms with Crippen molar-refractivity contribution in [3.8, 4) is 11.5 Å². The summed E-state index contributed by atoms with van der Waals surface area (Å²) in [6, 6.07) is 7.72. The molecule has 0 amide bonds. The van der Waals surface area contributed by atoms with E-state index in [9.17, 15) is 8.78 Å². The molecule has 1 heterocycles. The molecule has 3 aromatic rings. The van der Waals surface area contributed by atoms with E-state index in [-0.39, 0.29) is 11.6 Å². The third-order valence-electron chi connectivity index (χ3n) is 4.76. The van der Waals surface area contributed by atoms with Crippen LogP contribution in [-0.2, 0) is 0 Å². The van der Waals surface area contributed by atoms with Gasteiger partial charge in [-0.1, -0.05) is 12.1 Å². The molecule has 0 aliphatic heterocycles. The zero-order chi connectivity index (χ0) is 18.8. The van der Waals surface area contributed by atoms with Crippen LogP contribution in [0.3, 0.4) is 0 Å². The average Bonchev–Trinajstić information content (AvgIpc) is 3.30. The van der Waals surface area contributed by atoms with Gasteiger partial charge in [0.15, 0.2) is 17.3 Å². The molecule has 140 valence electrons. The minimum atomic E-state index is -0.687. The number of ether oxygens (including phenoxy) is 2. The van der Waals surface area contributed by atoms with Crippen molar-refractivity contribution in [1.29, 1.82) is 0 Å². The van der Waals surface area contributed by atoms with E-state index in [0.29, 0.717) is 22.8 Å². The minimum Gasteiger partial charge on any atom is -0.493 e. The van der Waals surface area contributed by atoms with E-state index >= 15 is 0 Å². The first kappa shape index (κ1) is 17.5. The highest BCUT2D eigenvalue weighted by atomic mass is 19.1. The quantitative estimate of drug-likeness (QED) is 0.659. The third-order valence-corrected chi connectivity index (χ3v) is 4.76. The van der Waals surface area contributed by atoms with E-state index in [1.165, 1.54) is 18.9 Å². The van der Waals surface area contributed by atoms with E-state index in [0.717, 1.165) is 24.5 Å².